The maximum atomic E-state index is 12.2. The first-order chi connectivity index (χ1) is 14.5. The highest BCUT2D eigenvalue weighted by Crippen LogP contribution is 2.21. The Balaban J connectivity index is 1.32. The number of hydrogen-bond donors (Lipinski definition) is 2. The number of aryl methyl sites for hydroxylation is 1. The summed E-state index contributed by atoms with van der Waals surface area (Å²) in [6.07, 6.45) is 1.43. The third-order valence-electron chi connectivity index (χ3n) is 4.88. The van der Waals surface area contributed by atoms with Crippen LogP contribution in [-0.2, 0) is 15.3 Å². The molecule has 3 amide bonds. The molecule has 1 aliphatic rings. The molecule has 1 heterocycles. The Labute approximate surface area is 181 Å². The standard InChI is InChI=1S/C23H27N3O3S/c1-17-4-6-18(7-5-17)16-30-14-12-24-21(27)15-25-23(29)19-8-10-20(11-9-19)26-13-2-3-22(26)28/h4-11H,2-3,12-16H2,1H3,(H,24,27)(H,25,29). The molecule has 0 atom stereocenters. The van der Waals surface area contributed by atoms with E-state index in [1.807, 2.05) is 0 Å². The number of benzene rings is 2. The van der Waals surface area contributed by atoms with Crippen molar-refractivity contribution in [1.29, 1.82) is 0 Å². The second-order valence-electron chi connectivity index (χ2n) is 7.27. The summed E-state index contributed by atoms with van der Waals surface area (Å²) in [6.45, 7) is 3.28. The second kappa shape index (κ2) is 10.8. The molecule has 0 radical (unpaired) electrons. The van der Waals surface area contributed by atoms with Gasteiger partial charge < -0.3 is 15.5 Å². The largest absolute Gasteiger partial charge is 0.354 e. The average Bonchev–Trinajstić information content (AvgIpc) is 3.19. The lowest BCUT2D eigenvalue weighted by molar-refractivity contribution is -0.120. The predicted octanol–water partition coefficient (Wildman–Crippen LogP) is 2.90. The zero-order valence-corrected chi connectivity index (χ0v) is 18.0. The molecule has 0 aliphatic carbocycles. The minimum absolute atomic E-state index is 0.0617. The quantitative estimate of drug-likeness (QED) is 0.606. The smallest absolute Gasteiger partial charge is 0.251 e. The first-order valence-corrected chi connectivity index (χ1v) is 11.3. The van der Waals surface area contributed by atoms with E-state index in [2.05, 4.69) is 41.8 Å². The molecule has 1 fully saturated rings. The lowest BCUT2D eigenvalue weighted by Gasteiger charge is -2.15. The van der Waals surface area contributed by atoms with Crippen LogP contribution in [0.3, 0.4) is 0 Å². The third-order valence-corrected chi connectivity index (χ3v) is 5.91. The normalized spacial score (nSPS) is 13.4. The van der Waals surface area contributed by atoms with Crippen LogP contribution >= 0.6 is 11.8 Å². The van der Waals surface area contributed by atoms with Crippen molar-refractivity contribution in [2.45, 2.75) is 25.5 Å². The van der Waals surface area contributed by atoms with Gasteiger partial charge in [0, 0.05) is 42.3 Å². The molecule has 1 saturated heterocycles. The maximum Gasteiger partial charge on any atom is 0.251 e. The van der Waals surface area contributed by atoms with E-state index in [4.69, 9.17) is 0 Å². The van der Waals surface area contributed by atoms with Gasteiger partial charge in [-0.15, -0.1) is 0 Å². The maximum absolute atomic E-state index is 12.2. The molecular weight excluding hydrogens is 398 g/mol. The zero-order chi connectivity index (χ0) is 21.3. The second-order valence-corrected chi connectivity index (χ2v) is 8.37. The van der Waals surface area contributed by atoms with Crippen molar-refractivity contribution in [3.05, 3.63) is 65.2 Å². The Morgan fingerprint density at radius 3 is 2.43 bits per heavy atom. The van der Waals surface area contributed by atoms with E-state index >= 15 is 0 Å². The van der Waals surface area contributed by atoms with Crippen LogP contribution in [-0.4, -0.2) is 43.1 Å². The van der Waals surface area contributed by atoms with Crippen LogP contribution in [0.15, 0.2) is 48.5 Å². The highest BCUT2D eigenvalue weighted by atomic mass is 32.2. The molecule has 0 aromatic heterocycles. The van der Waals surface area contributed by atoms with E-state index in [0.717, 1.165) is 23.6 Å². The highest BCUT2D eigenvalue weighted by molar-refractivity contribution is 7.98. The van der Waals surface area contributed by atoms with Gasteiger partial charge >= 0.3 is 0 Å². The zero-order valence-electron chi connectivity index (χ0n) is 17.1. The fourth-order valence-corrected chi connectivity index (χ4v) is 3.99. The fraction of sp³-hybridized carbons (Fsp3) is 0.348. The Bertz CT molecular complexity index is 882. The topological polar surface area (TPSA) is 78.5 Å². The van der Waals surface area contributed by atoms with Gasteiger partial charge in [0.1, 0.15) is 0 Å². The molecule has 2 aromatic carbocycles. The summed E-state index contributed by atoms with van der Waals surface area (Å²) >= 11 is 1.76. The van der Waals surface area contributed by atoms with Crippen molar-refractivity contribution in [3.8, 4) is 0 Å². The van der Waals surface area contributed by atoms with Crippen LogP contribution in [0.2, 0.25) is 0 Å². The number of nitrogens with zero attached hydrogens (tertiary/aromatic N) is 1. The summed E-state index contributed by atoms with van der Waals surface area (Å²) < 4.78 is 0. The van der Waals surface area contributed by atoms with E-state index in [1.54, 1.807) is 40.9 Å². The van der Waals surface area contributed by atoms with E-state index in [-0.39, 0.29) is 24.3 Å². The molecule has 30 heavy (non-hydrogen) atoms. The summed E-state index contributed by atoms with van der Waals surface area (Å²) in [5.41, 5.74) is 3.78. The molecule has 0 spiro atoms. The van der Waals surface area contributed by atoms with Crippen LogP contribution in [0.25, 0.3) is 0 Å². The Morgan fingerprint density at radius 2 is 1.77 bits per heavy atom. The number of amides is 3. The third kappa shape index (κ3) is 6.35. The number of nitrogens with one attached hydrogen (secondary N) is 2. The monoisotopic (exact) mass is 425 g/mol. The van der Waals surface area contributed by atoms with Gasteiger partial charge in [0.15, 0.2) is 0 Å². The lowest BCUT2D eigenvalue weighted by atomic mass is 10.2. The molecular formula is C23H27N3O3S. The number of carbonyl (C=O) groups is 3. The van der Waals surface area contributed by atoms with Gasteiger partial charge in [0.25, 0.3) is 5.91 Å². The summed E-state index contributed by atoms with van der Waals surface area (Å²) in [6, 6.07) is 15.3. The average molecular weight is 426 g/mol. The molecule has 158 valence electrons. The van der Waals surface area contributed by atoms with Crippen LogP contribution in [0.4, 0.5) is 5.69 Å². The van der Waals surface area contributed by atoms with Gasteiger partial charge in [-0.25, -0.2) is 0 Å². The molecule has 6 nitrogen and oxygen atoms in total. The minimum Gasteiger partial charge on any atom is -0.354 e. The molecule has 0 bridgehead atoms. The van der Waals surface area contributed by atoms with Gasteiger partial charge in [0.2, 0.25) is 11.8 Å². The number of hydrogen-bond acceptors (Lipinski definition) is 4. The summed E-state index contributed by atoms with van der Waals surface area (Å²) in [5.74, 6) is 1.31. The van der Waals surface area contributed by atoms with Crippen LogP contribution in [0, 0.1) is 6.92 Å². The molecule has 0 unspecified atom stereocenters. The van der Waals surface area contributed by atoms with Crippen molar-refractivity contribution in [3.63, 3.8) is 0 Å². The van der Waals surface area contributed by atoms with Gasteiger partial charge in [-0.3, -0.25) is 14.4 Å². The van der Waals surface area contributed by atoms with E-state index in [0.29, 0.717) is 25.1 Å². The lowest BCUT2D eigenvalue weighted by Crippen LogP contribution is -2.37. The first-order valence-electron chi connectivity index (χ1n) is 10.1. The molecule has 2 N–H and O–H groups in total. The van der Waals surface area contributed by atoms with E-state index in [9.17, 15) is 14.4 Å². The predicted molar refractivity (Wildman–Crippen MR) is 121 cm³/mol. The summed E-state index contributed by atoms with van der Waals surface area (Å²) in [7, 11) is 0. The van der Waals surface area contributed by atoms with Crippen molar-refractivity contribution < 1.29 is 14.4 Å². The minimum atomic E-state index is -0.307. The van der Waals surface area contributed by atoms with Crippen molar-refractivity contribution in [2.75, 3.05) is 30.3 Å². The molecule has 1 aliphatic heterocycles. The number of carbonyl (C=O) groups excluding carboxylic acids is 3. The molecule has 2 aromatic rings. The Morgan fingerprint density at radius 1 is 1.03 bits per heavy atom. The van der Waals surface area contributed by atoms with Gasteiger partial charge in [-0.05, 0) is 43.2 Å². The van der Waals surface area contributed by atoms with Crippen molar-refractivity contribution >= 4 is 35.2 Å². The summed E-state index contributed by atoms with van der Waals surface area (Å²) in [4.78, 5) is 37.7. The van der Waals surface area contributed by atoms with Gasteiger partial charge in [-0.1, -0.05) is 29.8 Å². The first kappa shape index (κ1) is 21.9. The van der Waals surface area contributed by atoms with Gasteiger partial charge in [0.05, 0.1) is 6.54 Å². The molecule has 7 heteroatoms. The van der Waals surface area contributed by atoms with Crippen molar-refractivity contribution in [1.82, 2.24) is 10.6 Å². The van der Waals surface area contributed by atoms with E-state index in [1.165, 1.54) is 11.1 Å². The van der Waals surface area contributed by atoms with Crippen LogP contribution < -0.4 is 15.5 Å². The van der Waals surface area contributed by atoms with Crippen LogP contribution in [0.1, 0.15) is 34.3 Å². The fourth-order valence-electron chi connectivity index (χ4n) is 3.18. The SMILES string of the molecule is Cc1ccc(CSCCNC(=O)CNC(=O)c2ccc(N3CCCC3=O)cc2)cc1. The molecule has 0 saturated carbocycles. The number of rotatable bonds is 9. The van der Waals surface area contributed by atoms with Crippen molar-refractivity contribution in [2.24, 2.45) is 0 Å². The molecule has 3 rings (SSSR count). The van der Waals surface area contributed by atoms with E-state index < -0.39 is 0 Å². The number of thioether (sulfide) groups is 1. The van der Waals surface area contributed by atoms with Gasteiger partial charge in [-0.2, -0.15) is 11.8 Å². The number of anilines is 1. The van der Waals surface area contributed by atoms with Crippen LogP contribution in [0.5, 0.6) is 0 Å². The summed E-state index contributed by atoms with van der Waals surface area (Å²) in [5, 5.41) is 5.45. The highest BCUT2D eigenvalue weighted by Gasteiger charge is 2.21. The Hall–Kier alpha value is -2.80. The Kier molecular flexibility index (Phi) is 7.90.